The molecule has 4 heteroatoms. The standard InChI is InChI=1S/C16H29N3O/c1-13(2)14(10-17)11-18-12-15(16-6-5-9-20-16)19-7-3-4-8-19/h5-6,9,13-15,18H,3-4,7-8,10-12,17H2,1-2H3. The first-order valence-electron chi connectivity index (χ1n) is 7.90. The van der Waals surface area contributed by atoms with E-state index in [9.17, 15) is 0 Å². The van der Waals surface area contributed by atoms with Gasteiger partial charge < -0.3 is 15.5 Å². The highest BCUT2D eigenvalue weighted by atomic mass is 16.3. The van der Waals surface area contributed by atoms with Gasteiger partial charge in [0.2, 0.25) is 0 Å². The predicted octanol–water partition coefficient (Wildman–Crippen LogP) is 2.24. The summed E-state index contributed by atoms with van der Waals surface area (Å²) in [5.41, 5.74) is 5.84. The lowest BCUT2D eigenvalue weighted by Gasteiger charge is -2.27. The Morgan fingerprint density at radius 3 is 2.60 bits per heavy atom. The minimum Gasteiger partial charge on any atom is -0.468 e. The summed E-state index contributed by atoms with van der Waals surface area (Å²) in [5.74, 6) is 2.25. The Morgan fingerprint density at radius 1 is 1.30 bits per heavy atom. The molecule has 1 aliphatic rings. The molecular formula is C16H29N3O. The van der Waals surface area contributed by atoms with E-state index < -0.39 is 0 Å². The second-order valence-corrected chi connectivity index (χ2v) is 6.17. The third-order valence-corrected chi connectivity index (χ3v) is 4.44. The van der Waals surface area contributed by atoms with E-state index in [-0.39, 0.29) is 0 Å². The van der Waals surface area contributed by atoms with E-state index in [0.717, 1.165) is 25.4 Å². The number of furan rings is 1. The molecule has 0 bridgehead atoms. The first kappa shape index (κ1) is 15.5. The molecule has 114 valence electrons. The average Bonchev–Trinajstić information content (AvgIpc) is 3.12. The van der Waals surface area contributed by atoms with Crippen molar-refractivity contribution in [2.45, 2.75) is 32.7 Å². The lowest BCUT2D eigenvalue weighted by molar-refractivity contribution is 0.205. The van der Waals surface area contributed by atoms with Gasteiger partial charge in [0.15, 0.2) is 0 Å². The number of nitrogens with zero attached hydrogens (tertiary/aromatic N) is 1. The molecule has 1 aromatic heterocycles. The lowest BCUT2D eigenvalue weighted by atomic mass is 9.96. The Labute approximate surface area is 122 Å². The van der Waals surface area contributed by atoms with Gasteiger partial charge in [-0.1, -0.05) is 13.8 Å². The highest BCUT2D eigenvalue weighted by molar-refractivity contribution is 5.06. The molecule has 0 aliphatic carbocycles. The highest BCUT2D eigenvalue weighted by Crippen LogP contribution is 2.25. The molecule has 2 unspecified atom stereocenters. The fraction of sp³-hybridized carbons (Fsp3) is 0.750. The zero-order chi connectivity index (χ0) is 14.4. The van der Waals surface area contributed by atoms with Crippen LogP contribution in [0.25, 0.3) is 0 Å². The quantitative estimate of drug-likeness (QED) is 0.766. The van der Waals surface area contributed by atoms with Crippen molar-refractivity contribution in [2.24, 2.45) is 17.6 Å². The van der Waals surface area contributed by atoms with Crippen molar-refractivity contribution in [3.63, 3.8) is 0 Å². The molecule has 0 aromatic carbocycles. The Balaban J connectivity index is 1.88. The summed E-state index contributed by atoms with van der Waals surface area (Å²) >= 11 is 0. The summed E-state index contributed by atoms with van der Waals surface area (Å²) in [6.45, 7) is 9.51. The molecule has 0 spiro atoms. The van der Waals surface area contributed by atoms with Gasteiger partial charge in [-0.15, -0.1) is 0 Å². The number of nitrogens with one attached hydrogen (secondary N) is 1. The number of likely N-dealkylation sites (tertiary alicyclic amines) is 1. The largest absolute Gasteiger partial charge is 0.468 e. The van der Waals surface area contributed by atoms with Crippen LogP contribution < -0.4 is 11.1 Å². The average molecular weight is 279 g/mol. The SMILES string of the molecule is CC(C)C(CN)CNCC(c1ccco1)N1CCCC1. The van der Waals surface area contributed by atoms with Gasteiger partial charge in [-0.3, -0.25) is 4.90 Å². The highest BCUT2D eigenvalue weighted by Gasteiger charge is 2.25. The van der Waals surface area contributed by atoms with E-state index in [1.165, 1.54) is 25.9 Å². The van der Waals surface area contributed by atoms with Crippen molar-refractivity contribution in [1.82, 2.24) is 10.2 Å². The smallest absolute Gasteiger partial charge is 0.122 e. The maximum atomic E-state index is 5.84. The van der Waals surface area contributed by atoms with Gasteiger partial charge in [0.1, 0.15) is 5.76 Å². The number of rotatable bonds is 8. The van der Waals surface area contributed by atoms with Gasteiger partial charge in [0.25, 0.3) is 0 Å². The molecule has 2 heterocycles. The zero-order valence-electron chi connectivity index (χ0n) is 12.8. The third kappa shape index (κ3) is 4.08. The molecule has 0 saturated carbocycles. The summed E-state index contributed by atoms with van der Waals surface area (Å²) < 4.78 is 5.63. The van der Waals surface area contributed by atoms with Crippen LogP contribution in [0.3, 0.4) is 0 Å². The first-order chi connectivity index (χ1) is 9.72. The topological polar surface area (TPSA) is 54.4 Å². The zero-order valence-corrected chi connectivity index (χ0v) is 12.8. The second-order valence-electron chi connectivity index (χ2n) is 6.17. The summed E-state index contributed by atoms with van der Waals surface area (Å²) in [6, 6.07) is 4.43. The van der Waals surface area contributed by atoms with Gasteiger partial charge in [-0.25, -0.2) is 0 Å². The normalized spacial score (nSPS) is 19.6. The fourth-order valence-corrected chi connectivity index (χ4v) is 2.94. The molecule has 1 aliphatic heterocycles. The van der Waals surface area contributed by atoms with Crippen LogP contribution in [-0.2, 0) is 0 Å². The third-order valence-electron chi connectivity index (χ3n) is 4.44. The van der Waals surface area contributed by atoms with E-state index >= 15 is 0 Å². The summed E-state index contributed by atoms with van der Waals surface area (Å²) in [6.07, 6.45) is 4.37. The van der Waals surface area contributed by atoms with Crippen LogP contribution in [0.15, 0.2) is 22.8 Å². The van der Waals surface area contributed by atoms with Crippen molar-refractivity contribution in [3.8, 4) is 0 Å². The molecule has 0 amide bonds. The minimum atomic E-state index is 0.359. The van der Waals surface area contributed by atoms with Crippen LogP contribution in [0.5, 0.6) is 0 Å². The Hall–Kier alpha value is -0.840. The summed E-state index contributed by atoms with van der Waals surface area (Å²) in [7, 11) is 0. The first-order valence-corrected chi connectivity index (χ1v) is 7.90. The van der Waals surface area contributed by atoms with Crippen LogP contribution in [0.4, 0.5) is 0 Å². The molecule has 0 radical (unpaired) electrons. The van der Waals surface area contributed by atoms with E-state index in [1.54, 1.807) is 6.26 Å². The van der Waals surface area contributed by atoms with E-state index in [4.69, 9.17) is 10.2 Å². The van der Waals surface area contributed by atoms with Crippen LogP contribution >= 0.6 is 0 Å². The lowest BCUT2D eigenvalue weighted by Crippen LogP contribution is -2.38. The Kier molecular flexibility index (Phi) is 6.07. The maximum absolute atomic E-state index is 5.84. The molecule has 2 atom stereocenters. The molecule has 2 rings (SSSR count). The van der Waals surface area contributed by atoms with Crippen molar-refractivity contribution in [3.05, 3.63) is 24.2 Å². The van der Waals surface area contributed by atoms with Crippen molar-refractivity contribution >= 4 is 0 Å². The molecule has 4 nitrogen and oxygen atoms in total. The summed E-state index contributed by atoms with van der Waals surface area (Å²) in [4.78, 5) is 2.53. The minimum absolute atomic E-state index is 0.359. The monoisotopic (exact) mass is 279 g/mol. The van der Waals surface area contributed by atoms with Gasteiger partial charge in [-0.05, 0) is 63.0 Å². The van der Waals surface area contributed by atoms with Gasteiger partial charge >= 0.3 is 0 Å². The second kappa shape index (κ2) is 7.81. The van der Waals surface area contributed by atoms with Crippen LogP contribution in [0, 0.1) is 11.8 Å². The Bertz CT molecular complexity index is 358. The van der Waals surface area contributed by atoms with Gasteiger partial charge in [0, 0.05) is 6.54 Å². The number of hydrogen-bond acceptors (Lipinski definition) is 4. The van der Waals surface area contributed by atoms with Crippen molar-refractivity contribution < 1.29 is 4.42 Å². The van der Waals surface area contributed by atoms with Crippen molar-refractivity contribution in [1.29, 1.82) is 0 Å². The molecule has 20 heavy (non-hydrogen) atoms. The van der Waals surface area contributed by atoms with E-state index in [2.05, 4.69) is 30.1 Å². The predicted molar refractivity (Wildman–Crippen MR) is 82.5 cm³/mol. The molecular weight excluding hydrogens is 250 g/mol. The molecule has 1 fully saturated rings. The van der Waals surface area contributed by atoms with Crippen molar-refractivity contribution in [2.75, 3.05) is 32.7 Å². The van der Waals surface area contributed by atoms with Crippen LogP contribution in [0.2, 0.25) is 0 Å². The maximum Gasteiger partial charge on any atom is 0.122 e. The molecule has 1 saturated heterocycles. The Morgan fingerprint density at radius 2 is 2.05 bits per heavy atom. The van der Waals surface area contributed by atoms with Crippen LogP contribution in [-0.4, -0.2) is 37.6 Å². The molecule has 1 aromatic rings. The number of hydrogen-bond donors (Lipinski definition) is 2. The summed E-state index contributed by atoms with van der Waals surface area (Å²) in [5, 5.41) is 3.60. The van der Waals surface area contributed by atoms with Gasteiger partial charge in [-0.2, -0.15) is 0 Å². The van der Waals surface area contributed by atoms with E-state index in [1.807, 2.05) is 6.07 Å². The molecule has 3 N–H and O–H groups in total. The van der Waals surface area contributed by atoms with Gasteiger partial charge in [0.05, 0.1) is 12.3 Å². The van der Waals surface area contributed by atoms with E-state index in [0.29, 0.717) is 17.9 Å². The van der Waals surface area contributed by atoms with Crippen LogP contribution in [0.1, 0.15) is 38.5 Å². The number of nitrogens with two attached hydrogens (primary N) is 1. The fourth-order valence-electron chi connectivity index (χ4n) is 2.94.